The molecule has 0 unspecified atom stereocenters. The van der Waals surface area contributed by atoms with E-state index in [9.17, 15) is 4.79 Å². The molecule has 0 aromatic carbocycles. The fourth-order valence-corrected chi connectivity index (χ4v) is 0.944. The monoisotopic (exact) mass is 231 g/mol. The van der Waals surface area contributed by atoms with E-state index in [0.29, 0.717) is 13.2 Å². The molecule has 0 aromatic rings. The van der Waals surface area contributed by atoms with Crippen molar-refractivity contribution in [2.75, 3.05) is 26.4 Å². The Kier molecular flexibility index (Phi) is 8.21. The van der Waals surface area contributed by atoms with Gasteiger partial charge in [-0.2, -0.15) is 0 Å². The standard InChI is InChI=1S/C12H25NO3/c1-5-6-8-15-9-7-13-11(14)10-16-12(2,3)4/h5-10H2,1-4H3,(H,13,14). The first-order chi connectivity index (χ1) is 7.45. The second-order valence-electron chi connectivity index (χ2n) is 4.72. The maximum absolute atomic E-state index is 11.3. The van der Waals surface area contributed by atoms with E-state index in [2.05, 4.69) is 12.2 Å². The summed E-state index contributed by atoms with van der Waals surface area (Å²) in [6, 6.07) is 0. The predicted octanol–water partition coefficient (Wildman–Crippen LogP) is 1.73. The third-order valence-electron chi connectivity index (χ3n) is 1.85. The molecule has 4 nitrogen and oxygen atoms in total. The number of amides is 1. The number of carbonyl (C=O) groups excluding carboxylic acids is 1. The zero-order valence-corrected chi connectivity index (χ0v) is 11.0. The fourth-order valence-electron chi connectivity index (χ4n) is 0.944. The zero-order valence-electron chi connectivity index (χ0n) is 11.0. The summed E-state index contributed by atoms with van der Waals surface area (Å²) in [6.07, 6.45) is 2.20. The van der Waals surface area contributed by atoms with Crippen LogP contribution < -0.4 is 5.32 Å². The van der Waals surface area contributed by atoms with Crippen LogP contribution in [0.3, 0.4) is 0 Å². The van der Waals surface area contributed by atoms with Gasteiger partial charge in [-0.3, -0.25) is 4.79 Å². The van der Waals surface area contributed by atoms with Gasteiger partial charge < -0.3 is 14.8 Å². The lowest BCUT2D eigenvalue weighted by Crippen LogP contribution is -2.34. The first-order valence-corrected chi connectivity index (χ1v) is 5.94. The molecule has 16 heavy (non-hydrogen) atoms. The van der Waals surface area contributed by atoms with Crippen LogP contribution in [-0.2, 0) is 14.3 Å². The predicted molar refractivity (Wildman–Crippen MR) is 64.4 cm³/mol. The molecule has 0 spiro atoms. The summed E-state index contributed by atoms with van der Waals surface area (Å²) in [5.74, 6) is -0.0889. The molecule has 1 amide bonds. The molecule has 0 saturated carbocycles. The Hall–Kier alpha value is -0.610. The number of unbranched alkanes of at least 4 members (excludes halogenated alkanes) is 1. The van der Waals surface area contributed by atoms with Crippen molar-refractivity contribution in [2.45, 2.75) is 46.1 Å². The Bertz CT molecular complexity index is 187. The number of ether oxygens (including phenoxy) is 2. The van der Waals surface area contributed by atoms with Gasteiger partial charge in [0.25, 0.3) is 0 Å². The van der Waals surface area contributed by atoms with E-state index >= 15 is 0 Å². The number of rotatable bonds is 8. The molecule has 0 rings (SSSR count). The largest absolute Gasteiger partial charge is 0.380 e. The molecular weight excluding hydrogens is 206 g/mol. The molecule has 0 heterocycles. The van der Waals surface area contributed by atoms with Crippen LogP contribution in [0.15, 0.2) is 0 Å². The Morgan fingerprint density at radius 1 is 1.25 bits per heavy atom. The highest BCUT2D eigenvalue weighted by molar-refractivity contribution is 5.77. The lowest BCUT2D eigenvalue weighted by atomic mass is 10.2. The van der Waals surface area contributed by atoms with Crippen LogP contribution in [0.25, 0.3) is 0 Å². The molecule has 0 fully saturated rings. The first-order valence-electron chi connectivity index (χ1n) is 5.94. The van der Waals surface area contributed by atoms with Crippen LogP contribution in [0.1, 0.15) is 40.5 Å². The van der Waals surface area contributed by atoms with E-state index in [1.165, 1.54) is 0 Å². The van der Waals surface area contributed by atoms with Gasteiger partial charge in [-0.05, 0) is 27.2 Å². The Morgan fingerprint density at radius 2 is 1.94 bits per heavy atom. The SMILES string of the molecule is CCCCOCCNC(=O)COC(C)(C)C. The summed E-state index contributed by atoms with van der Waals surface area (Å²) in [5.41, 5.74) is -0.269. The lowest BCUT2D eigenvalue weighted by molar-refractivity contribution is -0.130. The van der Waals surface area contributed by atoms with Crippen LogP contribution in [0.2, 0.25) is 0 Å². The van der Waals surface area contributed by atoms with E-state index in [1.807, 2.05) is 20.8 Å². The van der Waals surface area contributed by atoms with Gasteiger partial charge in [-0.25, -0.2) is 0 Å². The molecule has 0 bridgehead atoms. The highest BCUT2D eigenvalue weighted by Gasteiger charge is 2.12. The minimum atomic E-state index is -0.269. The molecule has 0 aliphatic heterocycles. The van der Waals surface area contributed by atoms with Crippen molar-refractivity contribution in [1.29, 1.82) is 0 Å². The van der Waals surface area contributed by atoms with Crippen LogP contribution in [0.5, 0.6) is 0 Å². The Morgan fingerprint density at radius 3 is 2.50 bits per heavy atom. The second kappa shape index (κ2) is 8.53. The van der Waals surface area contributed by atoms with E-state index in [1.54, 1.807) is 0 Å². The van der Waals surface area contributed by atoms with Gasteiger partial charge in [0.05, 0.1) is 12.2 Å². The molecule has 1 N–H and O–H groups in total. The average molecular weight is 231 g/mol. The van der Waals surface area contributed by atoms with Gasteiger partial charge in [0.2, 0.25) is 5.91 Å². The van der Waals surface area contributed by atoms with Crippen LogP contribution >= 0.6 is 0 Å². The maximum Gasteiger partial charge on any atom is 0.246 e. The highest BCUT2D eigenvalue weighted by atomic mass is 16.5. The molecule has 96 valence electrons. The second-order valence-corrected chi connectivity index (χ2v) is 4.72. The fraction of sp³-hybridized carbons (Fsp3) is 0.917. The summed E-state index contributed by atoms with van der Waals surface area (Å²) < 4.78 is 10.6. The molecular formula is C12H25NO3. The quantitative estimate of drug-likeness (QED) is 0.647. The van der Waals surface area contributed by atoms with E-state index < -0.39 is 0 Å². The third kappa shape index (κ3) is 11.5. The van der Waals surface area contributed by atoms with Gasteiger partial charge in [0.1, 0.15) is 6.61 Å². The summed E-state index contributed by atoms with van der Waals surface area (Å²) >= 11 is 0. The van der Waals surface area contributed by atoms with Crippen LogP contribution in [0.4, 0.5) is 0 Å². The summed E-state index contributed by atoms with van der Waals surface area (Å²) in [5, 5.41) is 2.74. The van der Waals surface area contributed by atoms with Crippen molar-refractivity contribution in [2.24, 2.45) is 0 Å². The van der Waals surface area contributed by atoms with E-state index in [-0.39, 0.29) is 18.1 Å². The molecule has 0 aliphatic rings. The number of carbonyl (C=O) groups is 1. The maximum atomic E-state index is 11.3. The van der Waals surface area contributed by atoms with Crippen molar-refractivity contribution >= 4 is 5.91 Å². The van der Waals surface area contributed by atoms with Gasteiger partial charge in [-0.1, -0.05) is 13.3 Å². The summed E-state index contributed by atoms with van der Waals surface area (Å²) in [6.45, 7) is 9.89. The minimum absolute atomic E-state index is 0.0889. The van der Waals surface area contributed by atoms with Crippen molar-refractivity contribution in [3.05, 3.63) is 0 Å². The minimum Gasteiger partial charge on any atom is -0.380 e. The van der Waals surface area contributed by atoms with E-state index in [0.717, 1.165) is 19.4 Å². The molecule has 0 aromatic heterocycles. The smallest absolute Gasteiger partial charge is 0.246 e. The zero-order chi connectivity index (χ0) is 12.4. The van der Waals surface area contributed by atoms with Crippen molar-refractivity contribution in [1.82, 2.24) is 5.32 Å². The van der Waals surface area contributed by atoms with Gasteiger partial charge in [0.15, 0.2) is 0 Å². The molecule has 0 radical (unpaired) electrons. The van der Waals surface area contributed by atoms with Crippen molar-refractivity contribution < 1.29 is 14.3 Å². The van der Waals surface area contributed by atoms with E-state index in [4.69, 9.17) is 9.47 Å². The molecule has 0 atom stereocenters. The van der Waals surface area contributed by atoms with Crippen molar-refractivity contribution in [3.63, 3.8) is 0 Å². The molecule has 0 aliphatic carbocycles. The average Bonchev–Trinajstić information content (AvgIpc) is 2.19. The summed E-state index contributed by atoms with van der Waals surface area (Å²) in [7, 11) is 0. The normalized spacial score (nSPS) is 11.5. The third-order valence-corrected chi connectivity index (χ3v) is 1.85. The Balaban J connectivity index is 3.31. The molecule has 0 saturated heterocycles. The number of hydrogen-bond donors (Lipinski definition) is 1. The lowest BCUT2D eigenvalue weighted by Gasteiger charge is -2.18. The van der Waals surface area contributed by atoms with Gasteiger partial charge in [0, 0.05) is 13.2 Å². The number of hydrogen-bond acceptors (Lipinski definition) is 3. The van der Waals surface area contributed by atoms with Crippen molar-refractivity contribution in [3.8, 4) is 0 Å². The number of nitrogens with one attached hydrogen (secondary N) is 1. The first kappa shape index (κ1) is 15.4. The van der Waals surface area contributed by atoms with Crippen LogP contribution in [0, 0.1) is 0 Å². The Labute approximate surface area is 98.7 Å². The molecule has 4 heteroatoms. The highest BCUT2D eigenvalue weighted by Crippen LogP contribution is 2.05. The van der Waals surface area contributed by atoms with Gasteiger partial charge >= 0.3 is 0 Å². The topological polar surface area (TPSA) is 47.6 Å². The summed E-state index contributed by atoms with van der Waals surface area (Å²) in [4.78, 5) is 11.3. The van der Waals surface area contributed by atoms with Crippen LogP contribution in [-0.4, -0.2) is 37.9 Å². The van der Waals surface area contributed by atoms with Gasteiger partial charge in [-0.15, -0.1) is 0 Å².